The van der Waals surface area contributed by atoms with E-state index in [1.165, 1.54) is 5.56 Å². The summed E-state index contributed by atoms with van der Waals surface area (Å²) < 4.78 is 0. The van der Waals surface area contributed by atoms with Crippen LogP contribution in [0.4, 0.5) is 0 Å². The Labute approximate surface area is 82.7 Å². The third-order valence-corrected chi connectivity index (χ3v) is 1.03. The average Bonchev–Trinajstić information content (AvgIpc) is 2.00. The van der Waals surface area contributed by atoms with Crippen molar-refractivity contribution in [1.29, 1.82) is 0 Å². The summed E-state index contributed by atoms with van der Waals surface area (Å²) in [4.78, 5) is 0. The maximum Gasteiger partial charge on any atom is 0.115 e. The Hall–Kier alpha value is -0.292. The number of benzene rings is 1. The van der Waals surface area contributed by atoms with Gasteiger partial charge < -0.3 is 5.11 Å². The third kappa shape index (κ3) is 6.12. The maximum absolute atomic E-state index is 8.76. The smallest absolute Gasteiger partial charge is 0.115 e. The first kappa shape index (κ1) is 13.3. The molecule has 1 aromatic carbocycles. The van der Waals surface area contributed by atoms with Crippen molar-refractivity contribution in [3.05, 3.63) is 29.8 Å². The predicted octanol–water partition coefficient (Wildman–Crippen LogP) is 2.72. The van der Waals surface area contributed by atoms with Gasteiger partial charge in [0.2, 0.25) is 0 Å². The van der Waals surface area contributed by atoms with Crippen LogP contribution in [0.2, 0.25) is 0 Å². The molecule has 0 amide bonds. The van der Waals surface area contributed by atoms with E-state index in [1.807, 2.05) is 32.9 Å². The SMILES string of the molecule is CC.Cc1ccc(O)cc1.[W]. The number of aromatic hydroxyl groups is 1. The van der Waals surface area contributed by atoms with Crippen molar-refractivity contribution in [1.82, 2.24) is 0 Å². The monoisotopic (exact) mass is 322 g/mol. The van der Waals surface area contributed by atoms with Gasteiger partial charge in [0.15, 0.2) is 0 Å². The van der Waals surface area contributed by atoms with Crippen LogP contribution in [0.15, 0.2) is 24.3 Å². The second-order valence-corrected chi connectivity index (χ2v) is 1.84. The second-order valence-electron chi connectivity index (χ2n) is 1.84. The maximum atomic E-state index is 8.76. The normalized spacial score (nSPS) is 7.18. The van der Waals surface area contributed by atoms with Crippen LogP contribution in [0.3, 0.4) is 0 Å². The molecule has 0 heterocycles. The molecule has 1 N–H and O–H groups in total. The molecule has 0 bridgehead atoms. The van der Waals surface area contributed by atoms with Crippen LogP contribution >= 0.6 is 0 Å². The summed E-state index contributed by atoms with van der Waals surface area (Å²) >= 11 is 0. The van der Waals surface area contributed by atoms with E-state index in [-0.39, 0.29) is 21.1 Å². The minimum absolute atomic E-state index is 0. The quantitative estimate of drug-likeness (QED) is 0.779. The van der Waals surface area contributed by atoms with Crippen LogP contribution in [-0.2, 0) is 21.1 Å². The Kier molecular flexibility index (Phi) is 9.45. The van der Waals surface area contributed by atoms with Gasteiger partial charge >= 0.3 is 0 Å². The van der Waals surface area contributed by atoms with Crippen molar-refractivity contribution in [3.8, 4) is 5.75 Å². The molecule has 0 saturated carbocycles. The Morgan fingerprint density at radius 2 is 1.36 bits per heavy atom. The predicted molar refractivity (Wildman–Crippen MR) is 44.2 cm³/mol. The summed E-state index contributed by atoms with van der Waals surface area (Å²) in [5.74, 6) is 0.329. The summed E-state index contributed by atoms with van der Waals surface area (Å²) in [7, 11) is 0. The molecule has 2 heteroatoms. The summed E-state index contributed by atoms with van der Waals surface area (Å²) in [6.45, 7) is 5.99. The van der Waals surface area contributed by atoms with Crippen molar-refractivity contribution in [2.75, 3.05) is 0 Å². The average molecular weight is 322 g/mol. The van der Waals surface area contributed by atoms with Gasteiger partial charge in [-0.25, -0.2) is 0 Å². The van der Waals surface area contributed by atoms with Crippen molar-refractivity contribution in [3.63, 3.8) is 0 Å². The first-order valence-electron chi connectivity index (χ1n) is 3.54. The van der Waals surface area contributed by atoms with E-state index in [2.05, 4.69) is 0 Å². The fraction of sp³-hybridized carbons (Fsp3) is 0.333. The molecule has 1 aromatic rings. The Balaban J connectivity index is 0. The van der Waals surface area contributed by atoms with Gasteiger partial charge in [0, 0.05) is 21.1 Å². The molecule has 0 radical (unpaired) electrons. The Morgan fingerprint density at radius 3 is 1.64 bits per heavy atom. The number of aryl methyl sites for hydroxylation is 1. The fourth-order valence-electron chi connectivity index (χ4n) is 0.545. The first-order chi connectivity index (χ1) is 4.79. The molecule has 62 valence electrons. The minimum atomic E-state index is 0. The Bertz CT molecular complexity index is 148. The molecular formula is C9H14OW. The first-order valence-corrected chi connectivity index (χ1v) is 3.54. The number of hydrogen-bond acceptors (Lipinski definition) is 1. The van der Waals surface area contributed by atoms with E-state index < -0.39 is 0 Å². The number of phenols is 1. The van der Waals surface area contributed by atoms with Crippen LogP contribution in [0.25, 0.3) is 0 Å². The zero-order chi connectivity index (χ0) is 7.98. The molecule has 1 rings (SSSR count). The number of hydrogen-bond donors (Lipinski definition) is 1. The van der Waals surface area contributed by atoms with Gasteiger partial charge in [-0.15, -0.1) is 0 Å². The zero-order valence-electron chi connectivity index (χ0n) is 7.16. The molecule has 0 atom stereocenters. The molecule has 11 heavy (non-hydrogen) atoms. The molecule has 0 aromatic heterocycles. The molecule has 0 unspecified atom stereocenters. The minimum Gasteiger partial charge on any atom is -0.508 e. The van der Waals surface area contributed by atoms with Gasteiger partial charge in [-0.1, -0.05) is 31.5 Å². The molecular weight excluding hydrogens is 308 g/mol. The molecule has 0 fully saturated rings. The van der Waals surface area contributed by atoms with Gasteiger partial charge in [0.1, 0.15) is 5.75 Å². The molecule has 0 aliphatic rings. The largest absolute Gasteiger partial charge is 0.508 e. The second kappa shape index (κ2) is 7.81. The van der Waals surface area contributed by atoms with Crippen LogP contribution < -0.4 is 0 Å². The summed E-state index contributed by atoms with van der Waals surface area (Å²) in [6, 6.07) is 7.09. The Morgan fingerprint density at radius 1 is 1.00 bits per heavy atom. The van der Waals surface area contributed by atoms with Crippen molar-refractivity contribution in [2.24, 2.45) is 0 Å². The van der Waals surface area contributed by atoms with Crippen LogP contribution in [0.5, 0.6) is 5.75 Å². The van der Waals surface area contributed by atoms with Crippen LogP contribution in [0, 0.1) is 6.92 Å². The van der Waals surface area contributed by atoms with E-state index in [1.54, 1.807) is 12.1 Å². The summed E-state index contributed by atoms with van der Waals surface area (Å²) in [5.41, 5.74) is 1.17. The van der Waals surface area contributed by atoms with Crippen molar-refractivity contribution in [2.45, 2.75) is 20.8 Å². The standard InChI is InChI=1S/C7H8O.C2H6.W/c1-6-2-4-7(8)5-3-6;1-2;/h2-5,8H,1H3;1-2H3;. The summed E-state index contributed by atoms with van der Waals surface area (Å²) in [5, 5.41) is 8.76. The molecule has 0 aliphatic carbocycles. The van der Waals surface area contributed by atoms with Gasteiger partial charge in [-0.2, -0.15) is 0 Å². The van der Waals surface area contributed by atoms with E-state index in [0.717, 1.165) is 0 Å². The van der Waals surface area contributed by atoms with Gasteiger partial charge in [0.25, 0.3) is 0 Å². The van der Waals surface area contributed by atoms with Crippen LogP contribution in [-0.4, -0.2) is 5.11 Å². The number of phenolic OH excluding ortho intramolecular Hbond substituents is 1. The third-order valence-electron chi connectivity index (χ3n) is 1.03. The van der Waals surface area contributed by atoms with Crippen molar-refractivity contribution >= 4 is 0 Å². The summed E-state index contributed by atoms with van der Waals surface area (Å²) in [6.07, 6.45) is 0. The van der Waals surface area contributed by atoms with E-state index >= 15 is 0 Å². The fourth-order valence-corrected chi connectivity index (χ4v) is 0.545. The van der Waals surface area contributed by atoms with E-state index in [4.69, 9.17) is 5.11 Å². The molecule has 0 saturated heterocycles. The van der Waals surface area contributed by atoms with Crippen molar-refractivity contribution < 1.29 is 26.2 Å². The topological polar surface area (TPSA) is 20.2 Å². The van der Waals surface area contributed by atoms with Gasteiger partial charge in [0.05, 0.1) is 0 Å². The molecule has 1 nitrogen and oxygen atoms in total. The van der Waals surface area contributed by atoms with Crippen LogP contribution in [0.1, 0.15) is 19.4 Å². The van der Waals surface area contributed by atoms with E-state index in [0.29, 0.717) is 5.75 Å². The van der Waals surface area contributed by atoms with E-state index in [9.17, 15) is 0 Å². The molecule has 0 aliphatic heterocycles. The van der Waals surface area contributed by atoms with Gasteiger partial charge in [-0.05, 0) is 19.1 Å². The zero-order valence-corrected chi connectivity index (χ0v) is 10.1. The molecule has 0 spiro atoms. The van der Waals surface area contributed by atoms with Gasteiger partial charge in [-0.3, -0.25) is 0 Å². The number of rotatable bonds is 0.